The molecule has 1 heterocycles. The van der Waals surface area contributed by atoms with Gasteiger partial charge >= 0.3 is 0 Å². The van der Waals surface area contributed by atoms with Gasteiger partial charge in [-0.2, -0.15) is 0 Å². The number of rotatable bonds is 2. The Kier molecular flexibility index (Phi) is 4.59. The van der Waals surface area contributed by atoms with E-state index in [1.807, 2.05) is 0 Å². The maximum Gasteiger partial charge on any atom is 0.255 e. The highest BCUT2D eigenvalue weighted by Gasteiger charge is 2.26. The number of carbonyl (C=O) groups excluding carboxylic acids is 1. The number of ether oxygens (including phenoxy) is 1. The minimum atomic E-state index is -0.576. The third-order valence-corrected chi connectivity index (χ3v) is 3.89. The molecule has 0 radical (unpaired) electrons. The smallest absolute Gasteiger partial charge is 0.255 e. The van der Waals surface area contributed by atoms with Crippen LogP contribution in [0.5, 0.6) is 0 Å². The second-order valence-corrected chi connectivity index (χ2v) is 5.03. The van der Waals surface area contributed by atoms with Crippen LogP contribution in [0.15, 0.2) is 18.2 Å². The molecule has 1 saturated heterocycles. The highest BCUT2D eigenvalue weighted by molar-refractivity contribution is 9.09. The number of nitrogens with zero attached hydrogens (tertiary/aromatic N) is 1. The van der Waals surface area contributed by atoms with E-state index in [0.717, 1.165) is 0 Å². The number of alkyl halides is 1. The summed E-state index contributed by atoms with van der Waals surface area (Å²) in [4.78, 5) is 13.9. The molecule has 0 bridgehead atoms. The van der Waals surface area contributed by atoms with Gasteiger partial charge in [-0.1, -0.05) is 33.6 Å². The zero-order valence-electron chi connectivity index (χ0n) is 9.54. The number of carbonyl (C=O) groups is 1. The number of hydrogen-bond acceptors (Lipinski definition) is 2. The van der Waals surface area contributed by atoms with Crippen LogP contribution in [0.25, 0.3) is 0 Å². The molecule has 6 heteroatoms. The van der Waals surface area contributed by atoms with E-state index in [1.165, 1.54) is 18.2 Å². The summed E-state index contributed by atoms with van der Waals surface area (Å²) < 4.78 is 18.8. The van der Waals surface area contributed by atoms with Crippen LogP contribution in [0.3, 0.4) is 0 Å². The van der Waals surface area contributed by atoms with Gasteiger partial charge in [0.05, 0.1) is 23.3 Å². The van der Waals surface area contributed by atoms with Crippen molar-refractivity contribution in [2.75, 3.05) is 25.0 Å². The van der Waals surface area contributed by atoms with Crippen molar-refractivity contribution in [2.45, 2.75) is 6.10 Å². The lowest BCUT2D eigenvalue weighted by atomic mass is 10.1. The first kappa shape index (κ1) is 13.8. The Morgan fingerprint density at radius 3 is 3.11 bits per heavy atom. The predicted octanol–water partition coefficient (Wildman–Crippen LogP) is 2.72. The van der Waals surface area contributed by atoms with Crippen LogP contribution in [0.2, 0.25) is 5.02 Å². The van der Waals surface area contributed by atoms with Gasteiger partial charge in [0.1, 0.15) is 5.82 Å². The summed E-state index contributed by atoms with van der Waals surface area (Å²) >= 11 is 9.14. The van der Waals surface area contributed by atoms with E-state index in [4.69, 9.17) is 16.3 Å². The van der Waals surface area contributed by atoms with Crippen molar-refractivity contribution in [2.24, 2.45) is 0 Å². The first-order valence-electron chi connectivity index (χ1n) is 5.54. The molecule has 1 amide bonds. The van der Waals surface area contributed by atoms with Gasteiger partial charge in [-0.05, 0) is 12.1 Å². The highest BCUT2D eigenvalue weighted by Crippen LogP contribution is 2.22. The maximum absolute atomic E-state index is 13.3. The summed E-state index contributed by atoms with van der Waals surface area (Å²) in [6.07, 6.45) is -0.0324. The van der Waals surface area contributed by atoms with Gasteiger partial charge in [0.25, 0.3) is 5.91 Å². The third kappa shape index (κ3) is 2.84. The van der Waals surface area contributed by atoms with Gasteiger partial charge in [-0.3, -0.25) is 4.79 Å². The fourth-order valence-corrected chi connectivity index (χ4v) is 2.43. The van der Waals surface area contributed by atoms with Crippen LogP contribution < -0.4 is 0 Å². The largest absolute Gasteiger partial charge is 0.374 e. The topological polar surface area (TPSA) is 29.5 Å². The van der Waals surface area contributed by atoms with Crippen molar-refractivity contribution in [1.82, 2.24) is 4.90 Å². The second kappa shape index (κ2) is 5.99. The van der Waals surface area contributed by atoms with Crippen molar-refractivity contribution >= 4 is 33.4 Å². The van der Waals surface area contributed by atoms with E-state index in [-0.39, 0.29) is 22.6 Å². The van der Waals surface area contributed by atoms with Gasteiger partial charge in [0.2, 0.25) is 0 Å². The number of benzene rings is 1. The van der Waals surface area contributed by atoms with E-state index < -0.39 is 5.82 Å². The Morgan fingerprint density at radius 2 is 2.39 bits per heavy atom. The van der Waals surface area contributed by atoms with Crippen molar-refractivity contribution in [1.29, 1.82) is 0 Å². The number of halogens is 3. The van der Waals surface area contributed by atoms with Gasteiger partial charge in [0, 0.05) is 18.4 Å². The van der Waals surface area contributed by atoms with Gasteiger partial charge in [0.15, 0.2) is 0 Å². The molecule has 1 atom stereocenters. The summed E-state index contributed by atoms with van der Waals surface area (Å²) in [7, 11) is 0. The normalized spacial score (nSPS) is 19.9. The first-order valence-corrected chi connectivity index (χ1v) is 7.04. The molecule has 98 valence electrons. The number of hydrogen-bond donors (Lipinski definition) is 0. The Hall–Kier alpha value is -0.650. The molecule has 1 aromatic rings. The average Bonchev–Trinajstić information content (AvgIpc) is 2.41. The molecular weight excluding hydrogens is 324 g/mol. The Balaban J connectivity index is 2.18. The fourth-order valence-electron chi connectivity index (χ4n) is 1.84. The molecule has 1 fully saturated rings. The van der Waals surface area contributed by atoms with Crippen LogP contribution in [0, 0.1) is 5.82 Å². The lowest BCUT2D eigenvalue weighted by molar-refractivity contribution is -0.00965. The first-order chi connectivity index (χ1) is 8.63. The van der Waals surface area contributed by atoms with Gasteiger partial charge in [-0.25, -0.2) is 4.39 Å². The van der Waals surface area contributed by atoms with Crippen LogP contribution in [0.1, 0.15) is 10.4 Å². The average molecular weight is 337 g/mol. The summed E-state index contributed by atoms with van der Waals surface area (Å²) in [6.45, 7) is 1.46. The van der Waals surface area contributed by atoms with Gasteiger partial charge in [-0.15, -0.1) is 0 Å². The molecular formula is C12H12BrClFNO2. The van der Waals surface area contributed by atoms with E-state index in [2.05, 4.69) is 15.9 Å². The molecule has 0 saturated carbocycles. The molecule has 3 nitrogen and oxygen atoms in total. The van der Waals surface area contributed by atoms with Crippen molar-refractivity contribution < 1.29 is 13.9 Å². The standard InChI is InChI=1S/C12H12BrClFNO2/c13-6-8-7-16(4-5-18-8)12(17)9-2-1-3-10(15)11(9)14/h1-3,8H,4-7H2. The quantitative estimate of drug-likeness (QED) is 0.777. The molecule has 1 aromatic carbocycles. The van der Waals surface area contributed by atoms with Gasteiger partial charge < -0.3 is 9.64 Å². The molecule has 18 heavy (non-hydrogen) atoms. The highest BCUT2D eigenvalue weighted by atomic mass is 79.9. The van der Waals surface area contributed by atoms with E-state index in [0.29, 0.717) is 25.0 Å². The number of morpholine rings is 1. The Bertz CT molecular complexity index is 458. The second-order valence-electron chi connectivity index (χ2n) is 4.00. The van der Waals surface area contributed by atoms with E-state index in [1.54, 1.807) is 4.90 Å². The summed E-state index contributed by atoms with van der Waals surface area (Å²) in [5, 5.41) is 0.539. The molecule has 0 N–H and O–H groups in total. The molecule has 1 aliphatic rings. The SMILES string of the molecule is O=C(c1cccc(F)c1Cl)N1CCOC(CBr)C1. The molecule has 0 aliphatic carbocycles. The molecule has 1 unspecified atom stereocenters. The van der Waals surface area contributed by atoms with Crippen LogP contribution in [0.4, 0.5) is 4.39 Å². The zero-order chi connectivity index (χ0) is 13.1. The lowest BCUT2D eigenvalue weighted by Gasteiger charge is -2.32. The summed E-state index contributed by atoms with van der Waals surface area (Å²) in [5.74, 6) is -0.832. The van der Waals surface area contributed by atoms with E-state index >= 15 is 0 Å². The number of amides is 1. The van der Waals surface area contributed by atoms with Crippen LogP contribution in [-0.4, -0.2) is 41.9 Å². The maximum atomic E-state index is 13.3. The Morgan fingerprint density at radius 1 is 1.61 bits per heavy atom. The molecule has 1 aliphatic heterocycles. The molecule has 0 aromatic heterocycles. The summed E-state index contributed by atoms with van der Waals surface area (Å²) in [6, 6.07) is 4.25. The zero-order valence-corrected chi connectivity index (χ0v) is 11.9. The Labute approximate surface area is 118 Å². The third-order valence-electron chi connectivity index (χ3n) is 2.78. The van der Waals surface area contributed by atoms with Crippen molar-refractivity contribution in [3.05, 3.63) is 34.6 Å². The predicted molar refractivity (Wildman–Crippen MR) is 70.8 cm³/mol. The minimum absolute atomic E-state index is 0.0324. The van der Waals surface area contributed by atoms with Crippen molar-refractivity contribution in [3.8, 4) is 0 Å². The molecule has 2 rings (SSSR count). The lowest BCUT2D eigenvalue weighted by Crippen LogP contribution is -2.46. The van der Waals surface area contributed by atoms with Crippen LogP contribution >= 0.6 is 27.5 Å². The van der Waals surface area contributed by atoms with Crippen molar-refractivity contribution in [3.63, 3.8) is 0 Å². The van der Waals surface area contributed by atoms with Crippen LogP contribution in [-0.2, 0) is 4.74 Å². The monoisotopic (exact) mass is 335 g/mol. The molecule has 0 spiro atoms. The fraction of sp³-hybridized carbons (Fsp3) is 0.417. The minimum Gasteiger partial charge on any atom is -0.374 e. The summed E-state index contributed by atoms with van der Waals surface area (Å²) in [5.41, 5.74) is 0.201. The van der Waals surface area contributed by atoms with E-state index in [9.17, 15) is 9.18 Å².